The fourth-order valence-corrected chi connectivity index (χ4v) is 2.04. The van der Waals surface area contributed by atoms with Crippen molar-refractivity contribution in [3.63, 3.8) is 0 Å². The zero-order valence-corrected chi connectivity index (χ0v) is 9.09. The van der Waals surface area contributed by atoms with Crippen LogP contribution in [-0.2, 0) is 0 Å². The molecule has 0 saturated heterocycles. The van der Waals surface area contributed by atoms with Crippen LogP contribution in [0.5, 0.6) is 0 Å². The lowest BCUT2D eigenvalue weighted by atomic mass is 9.77. The van der Waals surface area contributed by atoms with Crippen LogP contribution in [0.15, 0.2) is 18.2 Å². The smallest absolute Gasteiger partial charge is 0.0323 e. The van der Waals surface area contributed by atoms with Gasteiger partial charge in [0.2, 0.25) is 0 Å². The Balaban J connectivity index is 2.18. The summed E-state index contributed by atoms with van der Waals surface area (Å²) in [4.78, 5) is 0. The Bertz CT molecular complexity index is 326. The van der Waals surface area contributed by atoms with E-state index >= 15 is 0 Å². The van der Waals surface area contributed by atoms with Crippen molar-refractivity contribution in [2.45, 2.75) is 39.2 Å². The zero-order chi connectivity index (χ0) is 10.1. The van der Waals surface area contributed by atoms with Gasteiger partial charge in [-0.1, -0.05) is 24.6 Å². The van der Waals surface area contributed by atoms with E-state index in [1.165, 1.54) is 36.0 Å². The highest BCUT2D eigenvalue weighted by molar-refractivity contribution is 5.32. The molecule has 1 aliphatic rings. The average Bonchev–Trinajstić information content (AvgIpc) is 2.06. The quantitative estimate of drug-likeness (QED) is 0.760. The van der Waals surface area contributed by atoms with E-state index in [0.29, 0.717) is 0 Å². The summed E-state index contributed by atoms with van der Waals surface area (Å²) in [5, 5.41) is 0. The lowest BCUT2D eigenvalue weighted by molar-refractivity contribution is 0.264. The van der Waals surface area contributed by atoms with Crippen LogP contribution in [0.25, 0.3) is 0 Å². The van der Waals surface area contributed by atoms with E-state index in [9.17, 15) is 0 Å². The van der Waals surface area contributed by atoms with Gasteiger partial charge in [-0.15, -0.1) is 0 Å². The summed E-state index contributed by atoms with van der Waals surface area (Å²) in [5.41, 5.74) is 10.3. The van der Waals surface area contributed by atoms with Gasteiger partial charge in [-0.3, -0.25) is 0 Å². The number of hydrogen-bond donors (Lipinski definition) is 1. The minimum atomic E-state index is 0.267. The van der Waals surface area contributed by atoms with E-state index in [4.69, 9.17) is 5.73 Å². The van der Waals surface area contributed by atoms with Gasteiger partial charge < -0.3 is 5.73 Å². The van der Waals surface area contributed by atoms with Gasteiger partial charge in [0, 0.05) is 6.04 Å². The highest BCUT2D eigenvalue weighted by Gasteiger charge is 2.25. The van der Waals surface area contributed by atoms with E-state index in [1.807, 2.05) is 0 Å². The molecule has 0 unspecified atom stereocenters. The first-order valence-corrected chi connectivity index (χ1v) is 5.51. The molecule has 1 aromatic rings. The van der Waals surface area contributed by atoms with Gasteiger partial charge >= 0.3 is 0 Å². The van der Waals surface area contributed by atoms with Crippen LogP contribution in [-0.4, -0.2) is 0 Å². The molecule has 0 aliphatic heterocycles. The van der Waals surface area contributed by atoms with E-state index < -0.39 is 0 Å². The maximum Gasteiger partial charge on any atom is 0.0323 e. The molecule has 0 heterocycles. The van der Waals surface area contributed by atoms with E-state index in [2.05, 4.69) is 32.0 Å². The fraction of sp³-hybridized carbons (Fsp3) is 0.538. The van der Waals surface area contributed by atoms with E-state index in [1.54, 1.807) is 0 Å². The third-order valence-electron chi connectivity index (χ3n) is 3.57. The van der Waals surface area contributed by atoms with Crippen LogP contribution in [0.4, 0.5) is 0 Å². The Kier molecular flexibility index (Phi) is 2.60. The predicted octanol–water partition coefficient (Wildman–Crippen LogP) is 3.10. The molecule has 0 radical (unpaired) electrons. The highest BCUT2D eigenvalue weighted by atomic mass is 14.7. The van der Waals surface area contributed by atoms with Crippen molar-refractivity contribution >= 4 is 0 Å². The Morgan fingerprint density at radius 1 is 1.21 bits per heavy atom. The second kappa shape index (κ2) is 3.74. The van der Waals surface area contributed by atoms with Crippen molar-refractivity contribution in [2.75, 3.05) is 0 Å². The van der Waals surface area contributed by atoms with Crippen LogP contribution < -0.4 is 5.73 Å². The first-order chi connectivity index (χ1) is 6.68. The number of hydrogen-bond acceptors (Lipinski definition) is 1. The maximum atomic E-state index is 6.22. The topological polar surface area (TPSA) is 26.0 Å². The summed E-state index contributed by atoms with van der Waals surface area (Å²) in [6.45, 7) is 4.31. The third kappa shape index (κ3) is 1.69. The van der Waals surface area contributed by atoms with Crippen LogP contribution in [0.2, 0.25) is 0 Å². The molecule has 0 bridgehead atoms. The molecule has 2 N–H and O–H groups in total. The van der Waals surface area contributed by atoms with Gasteiger partial charge in [-0.05, 0) is 49.3 Å². The lowest BCUT2D eigenvalue weighted by Crippen LogP contribution is -2.26. The number of rotatable bonds is 2. The molecule has 76 valence electrons. The standard InChI is InChI=1S/C13H19N/c1-9-6-7-12(8-10(9)2)13(14)11-4-3-5-11/h6-8,11,13H,3-5,14H2,1-2H3/t13-/m0/s1. The van der Waals surface area contributed by atoms with Crippen molar-refractivity contribution in [3.05, 3.63) is 34.9 Å². The van der Waals surface area contributed by atoms with Crippen LogP contribution >= 0.6 is 0 Å². The van der Waals surface area contributed by atoms with Gasteiger partial charge in [0.15, 0.2) is 0 Å². The van der Waals surface area contributed by atoms with Gasteiger partial charge in [0.05, 0.1) is 0 Å². The molecule has 1 fully saturated rings. The third-order valence-corrected chi connectivity index (χ3v) is 3.57. The fourth-order valence-electron chi connectivity index (χ4n) is 2.04. The van der Waals surface area contributed by atoms with Gasteiger partial charge in [-0.25, -0.2) is 0 Å². The Hall–Kier alpha value is -0.820. The molecule has 1 aromatic carbocycles. The summed E-state index contributed by atoms with van der Waals surface area (Å²) < 4.78 is 0. The lowest BCUT2D eigenvalue weighted by Gasteiger charge is -2.31. The molecule has 2 rings (SSSR count). The maximum absolute atomic E-state index is 6.22. The SMILES string of the molecule is Cc1ccc([C@@H](N)C2CCC2)cc1C. The molecule has 0 spiro atoms. The minimum absolute atomic E-state index is 0.267. The second-order valence-electron chi connectivity index (χ2n) is 4.56. The summed E-state index contributed by atoms with van der Waals surface area (Å²) in [6.07, 6.45) is 3.99. The molecule has 1 aliphatic carbocycles. The first kappa shape index (κ1) is 9.72. The van der Waals surface area contributed by atoms with Crippen molar-refractivity contribution in [1.82, 2.24) is 0 Å². The molecule has 1 saturated carbocycles. The van der Waals surface area contributed by atoms with Crippen molar-refractivity contribution < 1.29 is 0 Å². The van der Waals surface area contributed by atoms with Crippen molar-refractivity contribution in [1.29, 1.82) is 0 Å². The second-order valence-corrected chi connectivity index (χ2v) is 4.56. The predicted molar refractivity (Wildman–Crippen MR) is 60.2 cm³/mol. The molecule has 0 amide bonds. The van der Waals surface area contributed by atoms with Crippen LogP contribution in [0.1, 0.15) is 42.0 Å². The van der Waals surface area contributed by atoms with Crippen LogP contribution in [0, 0.1) is 19.8 Å². The molecule has 1 nitrogen and oxygen atoms in total. The van der Waals surface area contributed by atoms with E-state index in [-0.39, 0.29) is 6.04 Å². The Morgan fingerprint density at radius 2 is 1.93 bits per heavy atom. The highest BCUT2D eigenvalue weighted by Crippen LogP contribution is 2.36. The molecular weight excluding hydrogens is 170 g/mol. The molecular formula is C13H19N. The average molecular weight is 189 g/mol. The van der Waals surface area contributed by atoms with Crippen molar-refractivity contribution in [3.8, 4) is 0 Å². The number of aryl methyl sites for hydroxylation is 2. The molecule has 14 heavy (non-hydrogen) atoms. The van der Waals surface area contributed by atoms with Gasteiger partial charge in [0.1, 0.15) is 0 Å². The Morgan fingerprint density at radius 3 is 2.43 bits per heavy atom. The van der Waals surface area contributed by atoms with Gasteiger partial charge in [-0.2, -0.15) is 0 Å². The van der Waals surface area contributed by atoms with Crippen LogP contribution in [0.3, 0.4) is 0 Å². The number of benzene rings is 1. The largest absolute Gasteiger partial charge is 0.324 e. The van der Waals surface area contributed by atoms with E-state index in [0.717, 1.165) is 5.92 Å². The first-order valence-electron chi connectivity index (χ1n) is 5.51. The monoisotopic (exact) mass is 189 g/mol. The Labute approximate surface area is 86.3 Å². The zero-order valence-electron chi connectivity index (χ0n) is 9.09. The molecule has 1 atom stereocenters. The van der Waals surface area contributed by atoms with Crippen molar-refractivity contribution in [2.24, 2.45) is 11.7 Å². The summed E-state index contributed by atoms with van der Waals surface area (Å²) >= 11 is 0. The summed E-state index contributed by atoms with van der Waals surface area (Å²) in [5.74, 6) is 0.733. The van der Waals surface area contributed by atoms with Gasteiger partial charge in [0.25, 0.3) is 0 Å². The minimum Gasteiger partial charge on any atom is -0.324 e. The normalized spacial score (nSPS) is 19.1. The molecule has 1 heteroatoms. The summed E-state index contributed by atoms with van der Waals surface area (Å²) in [7, 11) is 0. The molecule has 0 aromatic heterocycles. The number of nitrogens with two attached hydrogens (primary N) is 1. The summed E-state index contributed by atoms with van der Waals surface area (Å²) in [6, 6.07) is 6.88.